The van der Waals surface area contributed by atoms with Crippen LogP contribution in [-0.2, 0) is 4.79 Å². The minimum atomic E-state index is -0.324. The van der Waals surface area contributed by atoms with E-state index in [0.717, 1.165) is 11.1 Å². The summed E-state index contributed by atoms with van der Waals surface area (Å²) in [7, 11) is 1.50. The molecule has 0 aliphatic heterocycles. The summed E-state index contributed by atoms with van der Waals surface area (Å²) in [6, 6.07) is 10.7. The molecule has 0 heterocycles. The van der Waals surface area contributed by atoms with Gasteiger partial charge in [0, 0.05) is 5.56 Å². The number of nitrogens with one attached hydrogen (secondary N) is 1. The maximum Gasteiger partial charge on any atom is 0.262 e. The predicted octanol–water partition coefficient (Wildman–Crippen LogP) is 3.53. The van der Waals surface area contributed by atoms with Crippen LogP contribution in [-0.4, -0.2) is 25.4 Å². The van der Waals surface area contributed by atoms with Gasteiger partial charge in [0.15, 0.2) is 12.4 Å². The molecule has 0 aromatic heterocycles. The topological polar surface area (TPSA) is 64.6 Å². The number of carbonyl (C=O) groups is 2. The Morgan fingerprint density at radius 1 is 1.04 bits per heavy atom. The molecule has 2 aromatic carbocycles. The molecule has 0 unspecified atom stereocenters. The van der Waals surface area contributed by atoms with E-state index in [1.54, 1.807) is 18.2 Å². The van der Waals surface area contributed by atoms with Gasteiger partial charge < -0.3 is 14.8 Å². The van der Waals surface area contributed by atoms with E-state index in [2.05, 4.69) is 5.32 Å². The number of ketones is 1. The molecule has 1 N–H and O–H groups in total. The second-order valence-electron chi connectivity index (χ2n) is 5.58. The van der Waals surface area contributed by atoms with Crippen LogP contribution in [0.2, 0.25) is 0 Å². The molecule has 2 aromatic rings. The zero-order chi connectivity index (χ0) is 17.7. The Morgan fingerprint density at radius 2 is 1.79 bits per heavy atom. The van der Waals surface area contributed by atoms with Crippen molar-refractivity contribution in [2.45, 2.75) is 20.8 Å². The first-order valence-electron chi connectivity index (χ1n) is 7.59. The molecule has 126 valence electrons. The minimum absolute atomic E-state index is 0.0835. The number of benzene rings is 2. The molecular formula is C19H21NO4. The molecule has 2 rings (SSSR count). The van der Waals surface area contributed by atoms with Crippen molar-refractivity contribution in [1.29, 1.82) is 0 Å². The Kier molecular flexibility index (Phi) is 5.58. The molecule has 0 aliphatic carbocycles. The summed E-state index contributed by atoms with van der Waals surface area (Å²) in [4.78, 5) is 23.6. The molecular weight excluding hydrogens is 306 g/mol. The van der Waals surface area contributed by atoms with Crippen LogP contribution in [0.15, 0.2) is 36.4 Å². The van der Waals surface area contributed by atoms with Crippen molar-refractivity contribution in [2.24, 2.45) is 0 Å². The van der Waals surface area contributed by atoms with E-state index < -0.39 is 0 Å². The third kappa shape index (κ3) is 4.35. The summed E-state index contributed by atoms with van der Waals surface area (Å²) >= 11 is 0. The summed E-state index contributed by atoms with van der Waals surface area (Å²) in [5.41, 5.74) is 2.97. The van der Waals surface area contributed by atoms with Gasteiger partial charge in [-0.25, -0.2) is 0 Å². The smallest absolute Gasteiger partial charge is 0.262 e. The second-order valence-corrected chi connectivity index (χ2v) is 5.58. The van der Waals surface area contributed by atoms with Gasteiger partial charge in [-0.05, 0) is 56.2 Å². The highest BCUT2D eigenvalue weighted by atomic mass is 16.5. The molecule has 5 nitrogen and oxygen atoms in total. The Bertz CT molecular complexity index is 768. The molecule has 0 spiro atoms. The number of carbonyl (C=O) groups excluding carboxylic acids is 2. The van der Waals surface area contributed by atoms with Crippen LogP contribution < -0.4 is 14.8 Å². The summed E-state index contributed by atoms with van der Waals surface area (Å²) in [5, 5.41) is 2.72. The van der Waals surface area contributed by atoms with Crippen LogP contribution in [0, 0.1) is 13.8 Å². The molecule has 0 atom stereocenters. The zero-order valence-electron chi connectivity index (χ0n) is 14.3. The number of anilines is 1. The second kappa shape index (κ2) is 7.64. The first-order valence-corrected chi connectivity index (χ1v) is 7.59. The van der Waals surface area contributed by atoms with Gasteiger partial charge in [-0.3, -0.25) is 9.59 Å². The van der Waals surface area contributed by atoms with E-state index >= 15 is 0 Å². The molecule has 0 saturated carbocycles. The van der Waals surface area contributed by atoms with Crippen molar-refractivity contribution >= 4 is 17.4 Å². The van der Waals surface area contributed by atoms with Crippen molar-refractivity contribution in [3.05, 3.63) is 53.1 Å². The van der Waals surface area contributed by atoms with Crippen LogP contribution in [0.5, 0.6) is 11.5 Å². The lowest BCUT2D eigenvalue weighted by Crippen LogP contribution is -2.21. The average molecular weight is 327 g/mol. The summed E-state index contributed by atoms with van der Waals surface area (Å²) in [6.07, 6.45) is 0. The van der Waals surface area contributed by atoms with Gasteiger partial charge in [-0.1, -0.05) is 12.1 Å². The normalized spacial score (nSPS) is 10.2. The number of hydrogen-bond donors (Lipinski definition) is 1. The highest BCUT2D eigenvalue weighted by Crippen LogP contribution is 2.26. The quantitative estimate of drug-likeness (QED) is 0.824. The van der Waals surface area contributed by atoms with Crippen LogP contribution in [0.25, 0.3) is 0 Å². The highest BCUT2D eigenvalue weighted by molar-refractivity contribution is 5.98. The van der Waals surface area contributed by atoms with E-state index in [1.165, 1.54) is 14.0 Å². The fourth-order valence-electron chi connectivity index (χ4n) is 2.22. The van der Waals surface area contributed by atoms with Crippen molar-refractivity contribution in [3.63, 3.8) is 0 Å². The molecule has 0 fully saturated rings. The maximum absolute atomic E-state index is 12.2. The molecule has 1 amide bonds. The Hall–Kier alpha value is -2.82. The lowest BCUT2D eigenvalue weighted by molar-refractivity contribution is -0.118. The highest BCUT2D eigenvalue weighted by Gasteiger charge is 2.11. The minimum Gasteiger partial charge on any atom is -0.495 e. The monoisotopic (exact) mass is 327 g/mol. The molecule has 0 aliphatic rings. The summed E-state index contributed by atoms with van der Waals surface area (Å²) in [5.74, 6) is 0.754. The first-order chi connectivity index (χ1) is 11.4. The number of aryl methyl sites for hydroxylation is 2. The molecule has 24 heavy (non-hydrogen) atoms. The first kappa shape index (κ1) is 17.5. The van der Waals surface area contributed by atoms with E-state index in [-0.39, 0.29) is 18.3 Å². The van der Waals surface area contributed by atoms with Gasteiger partial charge in [0.25, 0.3) is 5.91 Å². The van der Waals surface area contributed by atoms with Crippen LogP contribution in [0.3, 0.4) is 0 Å². The van der Waals surface area contributed by atoms with Gasteiger partial charge >= 0.3 is 0 Å². The molecule has 0 radical (unpaired) electrons. The van der Waals surface area contributed by atoms with Gasteiger partial charge in [-0.15, -0.1) is 0 Å². The van der Waals surface area contributed by atoms with Gasteiger partial charge in [0.05, 0.1) is 12.8 Å². The number of ether oxygens (including phenoxy) is 2. The zero-order valence-corrected chi connectivity index (χ0v) is 14.3. The lowest BCUT2D eigenvalue weighted by atomic mass is 10.1. The molecule has 0 bridgehead atoms. The fourth-order valence-corrected chi connectivity index (χ4v) is 2.22. The fraction of sp³-hybridized carbons (Fsp3) is 0.263. The predicted molar refractivity (Wildman–Crippen MR) is 93.0 cm³/mol. The van der Waals surface area contributed by atoms with Gasteiger partial charge in [0.1, 0.15) is 11.5 Å². The average Bonchev–Trinajstić information content (AvgIpc) is 2.55. The van der Waals surface area contributed by atoms with Crippen molar-refractivity contribution in [3.8, 4) is 11.5 Å². The Morgan fingerprint density at radius 3 is 2.46 bits per heavy atom. The van der Waals surface area contributed by atoms with E-state index in [4.69, 9.17) is 9.47 Å². The van der Waals surface area contributed by atoms with Gasteiger partial charge in [0.2, 0.25) is 0 Å². The van der Waals surface area contributed by atoms with Crippen LogP contribution in [0.4, 0.5) is 5.69 Å². The number of amides is 1. The van der Waals surface area contributed by atoms with E-state index in [9.17, 15) is 9.59 Å². The standard InChI is InChI=1S/C19H21NO4/c1-12-5-6-13(2)18(9-12)24-11-19(22)20-16-10-15(14(3)21)7-8-17(16)23-4/h5-10H,11H2,1-4H3,(H,20,22). The van der Waals surface area contributed by atoms with Crippen LogP contribution >= 0.6 is 0 Å². The summed E-state index contributed by atoms with van der Waals surface area (Å²) < 4.78 is 10.8. The third-order valence-corrected chi connectivity index (χ3v) is 3.58. The molecule has 5 heteroatoms. The Labute approximate surface area is 141 Å². The number of Topliss-reactive ketones (excluding diaryl/α,β-unsaturated/α-hetero) is 1. The van der Waals surface area contributed by atoms with Crippen molar-refractivity contribution in [1.82, 2.24) is 0 Å². The van der Waals surface area contributed by atoms with Crippen LogP contribution in [0.1, 0.15) is 28.4 Å². The lowest BCUT2D eigenvalue weighted by Gasteiger charge is -2.13. The van der Waals surface area contributed by atoms with Crippen molar-refractivity contribution < 1.29 is 19.1 Å². The number of hydrogen-bond acceptors (Lipinski definition) is 4. The van der Waals surface area contributed by atoms with E-state index in [0.29, 0.717) is 22.7 Å². The maximum atomic E-state index is 12.2. The van der Waals surface area contributed by atoms with Gasteiger partial charge in [-0.2, -0.15) is 0 Å². The number of rotatable bonds is 6. The third-order valence-electron chi connectivity index (χ3n) is 3.58. The molecule has 0 saturated heterocycles. The van der Waals surface area contributed by atoms with E-state index in [1.807, 2.05) is 32.0 Å². The largest absolute Gasteiger partial charge is 0.495 e. The van der Waals surface area contributed by atoms with Crippen molar-refractivity contribution in [2.75, 3.05) is 19.0 Å². The number of methoxy groups -OCH3 is 1. The SMILES string of the molecule is COc1ccc(C(C)=O)cc1NC(=O)COc1cc(C)ccc1C. The Balaban J connectivity index is 2.08. The summed E-state index contributed by atoms with van der Waals surface area (Å²) in [6.45, 7) is 5.23.